The van der Waals surface area contributed by atoms with Crippen molar-refractivity contribution in [2.24, 2.45) is 0 Å². The molecule has 1 N–H and O–H groups in total. The van der Waals surface area contributed by atoms with Crippen molar-refractivity contribution in [3.05, 3.63) is 35.9 Å². The van der Waals surface area contributed by atoms with Crippen LogP contribution in [-0.4, -0.2) is 30.5 Å². The van der Waals surface area contributed by atoms with Gasteiger partial charge in [-0.15, -0.1) is 0 Å². The molecule has 0 radical (unpaired) electrons. The lowest BCUT2D eigenvalue weighted by atomic mass is 10.2. The molecular formula is C12H16O3. The first kappa shape index (κ1) is 10.6. The summed E-state index contributed by atoms with van der Waals surface area (Å²) in [7, 11) is 0. The highest BCUT2D eigenvalue weighted by Crippen LogP contribution is 2.16. The second-order valence-electron chi connectivity index (χ2n) is 3.77. The van der Waals surface area contributed by atoms with Crippen LogP contribution in [0, 0.1) is 0 Å². The summed E-state index contributed by atoms with van der Waals surface area (Å²) in [6, 6.07) is 10.0. The zero-order valence-corrected chi connectivity index (χ0v) is 8.63. The Kier molecular flexibility index (Phi) is 3.72. The number of benzene rings is 1. The molecule has 1 fully saturated rings. The fraction of sp³-hybridized carbons (Fsp3) is 0.500. The Morgan fingerprint density at radius 3 is 2.80 bits per heavy atom. The van der Waals surface area contributed by atoms with Crippen molar-refractivity contribution in [2.75, 3.05) is 13.2 Å². The predicted octanol–water partition coefficient (Wildman–Crippen LogP) is 1.35. The molecule has 15 heavy (non-hydrogen) atoms. The van der Waals surface area contributed by atoms with Crippen LogP contribution in [0.25, 0.3) is 0 Å². The minimum absolute atomic E-state index is 0.0605. The van der Waals surface area contributed by atoms with Crippen LogP contribution in [0.5, 0.6) is 0 Å². The van der Waals surface area contributed by atoms with Crippen molar-refractivity contribution in [2.45, 2.75) is 25.2 Å². The number of hydrogen-bond donors (Lipinski definition) is 1. The first-order chi connectivity index (χ1) is 7.36. The summed E-state index contributed by atoms with van der Waals surface area (Å²) in [5, 5.41) is 9.48. The lowest BCUT2D eigenvalue weighted by molar-refractivity contribution is 0.0605. The van der Waals surface area contributed by atoms with E-state index in [1.807, 2.05) is 30.3 Å². The van der Waals surface area contributed by atoms with E-state index in [2.05, 4.69) is 0 Å². The van der Waals surface area contributed by atoms with Crippen LogP contribution in [0.2, 0.25) is 0 Å². The van der Waals surface area contributed by atoms with Gasteiger partial charge in [0, 0.05) is 6.61 Å². The van der Waals surface area contributed by atoms with Crippen LogP contribution in [0.3, 0.4) is 0 Å². The molecule has 0 spiro atoms. The largest absolute Gasteiger partial charge is 0.390 e. The molecule has 0 unspecified atom stereocenters. The minimum Gasteiger partial charge on any atom is -0.390 e. The fourth-order valence-corrected chi connectivity index (χ4v) is 1.43. The molecular weight excluding hydrogens is 192 g/mol. The lowest BCUT2D eigenvalue weighted by Crippen LogP contribution is -2.16. The first-order valence-electron chi connectivity index (χ1n) is 5.27. The van der Waals surface area contributed by atoms with E-state index in [4.69, 9.17) is 9.47 Å². The van der Waals surface area contributed by atoms with Crippen LogP contribution >= 0.6 is 0 Å². The molecule has 1 aromatic rings. The highest BCUT2D eigenvalue weighted by Gasteiger charge is 2.30. The van der Waals surface area contributed by atoms with Gasteiger partial charge in [0.15, 0.2) is 0 Å². The molecule has 2 atom stereocenters. The average Bonchev–Trinajstić information content (AvgIpc) is 3.09. The SMILES string of the molecule is O[C@@H](CCOCc1ccccc1)[C@@H]1CO1. The van der Waals surface area contributed by atoms with Gasteiger partial charge in [0.1, 0.15) is 6.10 Å². The molecule has 0 aliphatic carbocycles. The maximum atomic E-state index is 9.48. The van der Waals surface area contributed by atoms with E-state index in [1.165, 1.54) is 0 Å². The van der Waals surface area contributed by atoms with E-state index in [0.717, 1.165) is 5.56 Å². The van der Waals surface area contributed by atoms with Gasteiger partial charge in [-0.25, -0.2) is 0 Å². The van der Waals surface area contributed by atoms with Gasteiger partial charge in [0.2, 0.25) is 0 Å². The third kappa shape index (κ3) is 3.63. The molecule has 82 valence electrons. The summed E-state index contributed by atoms with van der Waals surface area (Å²) < 4.78 is 10.4. The third-order valence-electron chi connectivity index (χ3n) is 2.46. The third-order valence-corrected chi connectivity index (χ3v) is 2.46. The average molecular weight is 208 g/mol. The van der Waals surface area contributed by atoms with E-state index in [0.29, 0.717) is 26.2 Å². The van der Waals surface area contributed by atoms with Gasteiger partial charge < -0.3 is 14.6 Å². The maximum absolute atomic E-state index is 9.48. The topological polar surface area (TPSA) is 42.0 Å². The molecule has 1 heterocycles. The van der Waals surface area contributed by atoms with Crippen LogP contribution in [-0.2, 0) is 16.1 Å². The molecule has 3 heteroatoms. The van der Waals surface area contributed by atoms with Crippen LogP contribution in [0.1, 0.15) is 12.0 Å². The first-order valence-corrected chi connectivity index (χ1v) is 5.27. The van der Waals surface area contributed by atoms with E-state index >= 15 is 0 Å². The van der Waals surface area contributed by atoms with E-state index in [1.54, 1.807) is 0 Å². The maximum Gasteiger partial charge on any atom is 0.107 e. The van der Waals surface area contributed by atoms with Crippen LogP contribution in [0.15, 0.2) is 30.3 Å². The number of aliphatic hydroxyl groups is 1. The van der Waals surface area contributed by atoms with Gasteiger partial charge in [-0.2, -0.15) is 0 Å². The fourth-order valence-electron chi connectivity index (χ4n) is 1.43. The number of aliphatic hydroxyl groups excluding tert-OH is 1. The Hall–Kier alpha value is -0.900. The highest BCUT2D eigenvalue weighted by molar-refractivity contribution is 5.13. The van der Waals surface area contributed by atoms with Gasteiger partial charge in [-0.05, 0) is 12.0 Å². The molecule has 1 saturated heterocycles. The Labute approximate surface area is 89.6 Å². The monoisotopic (exact) mass is 208 g/mol. The molecule has 3 nitrogen and oxygen atoms in total. The lowest BCUT2D eigenvalue weighted by Gasteiger charge is -2.07. The Morgan fingerprint density at radius 1 is 1.40 bits per heavy atom. The van der Waals surface area contributed by atoms with Gasteiger partial charge in [0.25, 0.3) is 0 Å². The van der Waals surface area contributed by atoms with Gasteiger partial charge in [-0.3, -0.25) is 0 Å². The molecule has 2 rings (SSSR count). The summed E-state index contributed by atoms with van der Waals surface area (Å²) >= 11 is 0. The smallest absolute Gasteiger partial charge is 0.107 e. The number of epoxide rings is 1. The molecule has 0 aromatic heterocycles. The zero-order valence-electron chi connectivity index (χ0n) is 8.63. The van der Waals surface area contributed by atoms with E-state index in [-0.39, 0.29) is 12.2 Å². The molecule has 1 aliphatic rings. The minimum atomic E-state index is -0.360. The normalized spacial score (nSPS) is 21.3. The standard InChI is InChI=1S/C12H16O3/c13-11(12-9-15-12)6-7-14-8-10-4-2-1-3-5-10/h1-5,11-13H,6-9H2/t11-,12-/m0/s1. The molecule has 1 aromatic carbocycles. The van der Waals surface area contributed by atoms with Crippen molar-refractivity contribution in [3.8, 4) is 0 Å². The van der Waals surface area contributed by atoms with Crippen molar-refractivity contribution >= 4 is 0 Å². The van der Waals surface area contributed by atoms with E-state index in [9.17, 15) is 5.11 Å². The quantitative estimate of drug-likeness (QED) is 0.567. The summed E-state index contributed by atoms with van der Waals surface area (Å²) in [5.74, 6) is 0. The Morgan fingerprint density at radius 2 is 2.13 bits per heavy atom. The second kappa shape index (κ2) is 5.26. The van der Waals surface area contributed by atoms with E-state index < -0.39 is 0 Å². The van der Waals surface area contributed by atoms with Crippen molar-refractivity contribution in [3.63, 3.8) is 0 Å². The molecule has 0 amide bonds. The number of rotatable bonds is 6. The highest BCUT2D eigenvalue weighted by atomic mass is 16.6. The Bertz CT molecular complexity index is 282. The number of ether oxygens (including phenoxy) is 2. The molecule has 0 bridgehead atoms. The second-order valence-corrected chi connectivity index (χ2v) is 3.77. The van der Waals surface area contributed by atoms with Crippen molar-refractivity contribution < 1.29 is 14.6 Å². The summed E-state index contributed by atoms with van der Waals surface area (Å²) in [6.07, 6.45) is 0.350. The van der Waals surface area contributed by atoms with Gasteiger partial charge in [-0.1, -0.05) is 30.3 Å². The summed E-state index contributed by atoms with van der Waals surface area (Å²) in [4.78, 5) is 0. The van der Waals surface area contributed by atoms with Crippen LogP contribution < -0.4 is 0 Å². The molecule has 0 saturated carbocycles. The molecule has 1 aliphatic heterocycles. The van der Waals surface area contributed by atoms with Crippen molar-refractivity contribution in [1.82, 2.24) is 0 Å². The zero-order chi connectivity index (χ0) is 10.5. The van der Waals surface area contributed by atoms with Gasteiger partial charge >= 0.3 is 0 Å². The number of hydrogen-bond acceptors (Lipinski definition) is 3. The Balaban J connectivity index is 1.58. The predicted molar refractivity (Wildman–Crippen MR) is 56.5 cm³/mol. The van der Waals surface area contributed by atoms with Crippen LogP contribution in [0.4, 0.5) is 0 Å². The summed E-state index contributed by atoms with van der Waals surface area (Å²) in [6.45, 7) is 1.88. The van der Waals surface area contributed by atoms with Gasteiger partial charge in [0.05, 0.1) is 19.3 Å². The summed E-state index contributed by atoms with van der Waals surface area (Å²) in [5.41, 5.74) is 1.16. The van der Waals surface area contributed by atoms with Crippen molar-refractivity contribution in [1.29, 1.82) is 0 Å².